The van der Waals surface area contributed by atoms with E-state index in [9.17, 15) is 9.59 Å². The second-order valence-electron chi connectivity index (χ2n) is 4.39. The standard InChI is InChI=1S/C13H14ClNO4/c14-9-1-5-11(6-2-9)19-8-12(16)15(7-13(17)18)10-3-4-10/h1-2,5-6,10H,3-4,7-8H2,(H,17,18). The number of hydrogen-bond acceptors (Lipinski definition) is 3. The van der Waals surface area contributed by atoms with Gasteiger partial charge in [0.2, 0.25) is 0 Å². The predicted molar refractivity (Wildman–Crippen MR) is 69.3 cm³/mol. The molecule has 1 aromatic rings. The normalized spacial score (nSPS) is 13.9. The number of benzene rings is 1. The quantitative estimate of drug-likeness (QED) is 0.864. The topological polar surface area (TPSA) is 66.8 Å². The second kappa shape index (κ2) is 5.93. The van der Waals surface area contributed by atoms with E-state index in [0.717, 1.165) is 12.8 Å². The summed E-state index contributed by atoms with van der Waals surface area (Å²) < 4.78 is 5.32. The summed E-state index contributed by atoms with van der Waals surface area (Å²) in [5, 5.41) is 9.36. The van der Waals surface area contributed by atoms with Crippen molar-refractivity contribution in [1.82, 2.24) is 4.90 Å². The van der Waals surface area contributed by atoms with E-state index in [2.05, 4.69) is 0 Å². The van der Waals surface area contributed by atoms with Crippen LogP contribution < -0.4 is 4.74 Å². The molecule has 1 aliphatic rings. The Morgan fingerprint density at radius 1 is 1.32 bits per heavy atom. The second-order valence-corrected chi connectivity index (χ2v) is 4.83. The Balaban J connectivity index is 1.88. The smallest absolute Gasteiger partial charge is 0.323 e. The van der Waals surface area contributed by atoms with E-state index in [1.807, 2.05) is 0 Å². The first-order valence-corrected chi connectivity index (χ1v) is 6.33. The van der Waals surface area contributed by atoms with Crippen molar-refractivity contribution in [3.63, 3.8) is 0 Å². The third-order valence-electron chi connectivity index (χ3n) is 2.79. The van der Waals surface area contributed by atoms with Crippen LogP contribution >= 0.6 is 11.6 Å². The Labute approximate surface area is 115 Å². The Bertz CT molecular complexity index is 470. The van der Waals surface area contributed by atoms with Gasteiger partial charge in [-0.2, -0.15) is 0 Å². The molecule has 0 bridgehead atoms. The molecule has 0 heterocycles. The first-order valence-electron chi connectivity index (χ1n) is 5.96. The molecule has 1 amide bonds. The van der Waals surface area contributed by atoms with Crippen LogP contribution in [0.25, 0.3) is 0 Å². The molecule has 1 aliphatic carbocycles. The molecule has 1 aromatic carbocycles. The number of amides is 1. The number of hydrogen-bond donors (Lipinski definition) is 1. The Kier molecular flexibility index (Phi) is 4.27. The summed E-state index contributed by atoms with van der Waals surface area (Å²) in [6.45, 7) is -0.432. The Hall–Kier alpha value is -1.75. The van der Waals surface area contributed by atoms with Crippen LogP contribution in [0.2, 0.25) is 5.02 Å². The number of ether oxygens (including phenoxy) is 1. The average Bonchev–Trinajstić information content (AvgIpc) is 3.19. The van der Waals surface area contributed by atoms with Crippen LogP contribution in [-0.2, 0) is 9.59 Å². The van der Waals surface area contributed by atoms with Crippen LogP contribution in [0, 0.1) is 0 Å². The Morgan fingerprint density at radius 3 is 2.47 bits per heavy atom. The van der Waals surface area contributed by atoms with Crippen molar-refractivity contribution in [3.8, 4) is 5.75 Å². The van der Waals surface area contributed by atoms with Gasteiger partial charge in [0.15, 0.2) is 6.61 Å². The van der Waals surface area contributed by atoms with E-state index < -0.39 is 5.97 Å². The van der Waals surface area contributed by atoms with Gasteiger partial charge in [0.1, 0.15) is 12.3 Å². The minimum Gasteiger partial charge on any atom is -0.484 e. The molecule has 0 saturated heterocycles. The third kappa shape index (κ3) is 4.13. The molecule has 2 rings (SSSR count). The number of carboxylic acids is 1. The van der Waals surface area contributed by atoms with E-state index in [1.54, 1.807) is 24.3 Å². The molecule has 0 atom stereocenters. The maximum absolute atomic E-state index is 11.9. The molecule has 102 valence electrons. The average molecular weight is 284 g/mol. The van der Waals surface area contributed by atoms with Crippen molar-refractivity contribution in [2.45, 2.75) is 18.9 Å². The van der Waals surface area contributed by atoms with Crippen LogP contribution in [0.1, 0.15) is 12.8 Å². The SMILES string of the molecule is O=C(O)CN(C(=O)COc1ccc(Cl)cc1)C1CC1. The molecule has 0 radical (unpaired) electrons. The van der Waals surface area contributed by atoms with Gasteiger partial charge in [0.25, 0.3) is 5.91 Å². The monoisotopic (exact) mass is 283 g/mol. The van der Waals surface area contributed by atoms with Crippen molar-refractivity contribution in [2.75, 3.05) is 13.2 Å². The molecule has 5 nitrogen and oxygen atoms in total. The maximum Gasteiger partial charge on any atom is 0.323 e. The van der Waals surface area contributed by atoms with Gasteiger partial charge in [-0.15, -0.1) is 0 Å². The number of rotatable bonds is 6. The van der Waals surface area contributed by atoms with Crippen LogP contribution in [-0.4, -0.2) is 41.1 Å². The highest BCUT2D eigenvalue weighted by Gasteiger charge is 2.33. The molecule has 1 saturated carbocycles. The summed E-state index contributed by atoms with van der Waals surface area (Å²) in [6, 6.07) is 6.70. The van der Waals surface area contributed by atoms with Crippen LogP contribution in [0.15, 0.2) is 24.3 Å². The number of halogens is 1. The molecule has 0 unspecified atom stereocenters. The summed E-state index contributed by atoms with van der Waals surface area (Å²) in [5.41, 5.74) is 0. The highest BCUT2D eigenvalue weighted by Crippen LogP contribution is 2.26. The van der Waals surface area contributed by atoms with Gasteiger partial charge in [-0.25, -0.2) is 0 Å². The molecule has 19 heavy (non-hydrogen) atoms. The fraction of sp³-hybridized carbons (Fsp3) is 0.385. The largest absolute Gasteiger partial charge is 0.484 e. The zero-order valence-corrected chi connectivity index (χ0v) is 11.0. The van der Waals surface area contributed by atoms with Gasteiger partial charge in [-0.1, -0.05) is 11.6 Å². The molecule has 1 N–H and O–H groups in total. The van der Waals surface area contributed by atoms with E-state index in [-0.39, 0.29) is 25.1 Å². The summed E-state index contributed by atoms with van der Waals surface area (Å²) in [4.78, 5) is 24.0. The summed E-state index contributed by atoms with van der Waals surface area (Å²) in [7, 11) is 0. The van der Waals surface area contributed by atoms with Crippen molar-refractivity contribution < 1.29 is 19.4 Å². The van der Waals surface area contributed by atoms with Gasteiger partial charge in [-0.05, 0) is 37.1 Å². The number of nitrogens with zero attached hydrogens (tertiary/aromatic N) is 1. The van der Waals surface area contributed by atoms with Gasteiger partial charge in [0, 0.05) is 11.1 Å². The van der Waals surface area contributed by atoms with Crippen molar-refractivity contribution in [1.29, 1.82) is 0 Å². The lowest BCUT2D eigenvalue weighted by atomic mass is 10.3. The molecule has 6 heteroatoms. The lowest BCUT2D eigenvalue weighted by Crippen LogP contribution is -2.40. The van der Waals surface area contributed by atoms with Gasteiger partial charge >= 0.3 is 5.97 Å². The summed E-state index contributed by atoms with van der Waals surface area (Å²) >= 11 is 5.74. The fourth-order valence-corrected chi connectivity index (χ4v) is 1.84. The van der Waals surface area contributed by atoms with Crippen LogP contribution in [0.4, 0.5) is 0 Å². The zero-order chi connectivity index (χ0) is 13.8. The predicted octanol–water partition coefficient (Wildman–Crippen LogP) is 1.79. The lowest BCUT2D eigenvalue weighted by Gasteiger charge is -2.20. The summed E-state index contributed by atoms with van der Waals surface area (Å²) in [5.74, 6) is -0.782. The van der Waals surface area contributed by atoms with Crippen molar-refractivity contribution in [3.05, 3.63) is 29.3 Å². The number of carboxylic acid groups (broad SMARTS) is 1. The van der Waals surface area contributed by atoms with E-state index >= 15 is 0 Å². The van der Waals surface area contributed by atoms with E-state index in [1.165, 1.54) is 4.90 Å². The van der Waals surface area contributed by atoms with Crippen molar-refractivity contribution in [2.24, 2.45) is 0 Å². The van der Waals surface area contributed by atoms with Gasteiger partial charge in [-0.3, -0.25) is 9.59 Å². The van der Waals surface area contributed by atoms with Crippen LogP contribution in [0.5, 0.6) is 5.75 Å². The van der Waals surface area contributed by atoms with Crippen LogP contribution in [0.3, 0.4) is 0 Å². The fourth-order valence-electron chi connectivity index (χ4n) is 1.71. The highest BCUT2D eigenvalue weighted by molar-refractivity contribution is 6.30. The summed E-state index contributed by atoms with van der Waals surface area (Å²) in [6.07, 6.45) is 1.72. The zero-order valence-electron chi connectivity index (χ0n) is 10.2. The molecule has 0 spiro atoms. The number of aliphatic carboxylic acids is 1. The minimum absolute atomic E-state index is 0.0532. The Morgan fingerprint density at radius 2 is 1.95 bits per heavy atom. The number of carbonyl (C=O) groups excluding carboxylic acids is 1. The highest BCUT2D eigenvalue weighted by atomic mass is 35.5. The van der Waals surface area contributed by atoms with Crippen molar-refractivity contribution >= 4 is 23.5 Å². The maximum atomic E-state index is 11.9. The first kappa shape index (κ1) is 13.7. The van der Waals surface area contributed by atoms with E-state index in [4.69, 9.17) is 21.4 Å². The molecular weight excluding hydrogens is 270 g/mol. The molecule has 0 aromatic heterocycles. The van der Waals surface area contributed by atoms with Gasteiger partial charge in [0.05, 0.1) is 0 Å². The van der Waals surface area contributed by atoms with Gasteiger partial charge < -0.3 is 14.7 Å². The minimum atomic E-state index is -1.01. The lowest BCUT2D eigenvalue weighted by molar-refractivity contribution is -0.145. The molecular formula is C13H14ClNO4. The molecule has 0 aliphatic heterocycles. The van der Waals surface area contributed by atoms with E-state index in [0.29, 0.717) is 10.8 Å². The molecule has 1 fully saturated rings. The number of carbonyl (C=O) groups is 2. The third-order valence-corrected chi connectivity index (χ3v) is 3.04. The first-order chi connectivity index (χ1) is 9.06.